The van der Waals surface area contributed by atoms with Crippen LogP contribution in [0.3, 0.4) is 0 Å². The van der Waals surface area contributed by atoms with E-state index in [-0.39, 0.29) is 6.03 Å². The van der Waals surface area contributed by atoms with Crippen LogP contribution in [0.5, 0.6) is 0 Å². The molecule has 3 aromatic carbocycles. The SMILES string of the molecule is CN(Cc1cccc(C#N)c1)C(=O)Nc1ccc(-c2ccccc2)cc1. The lowest BCUT2D eigenvalue weighted by atomic mass is 10.1. The van der Waals surface area contributed by atoms with E-state index in [0.717, 1.165) is 22.4 Å². The van der Waals surface area contributed by atoms with E-state index in [4.69, 9.17) is 5.26 Å². The first kappa shape index (κ1) is 17.2. The van der Waals surface area contributed by atoms with Crippen molar-refractivity contribution in [2.75, 3.05) is 12.4 Å². The normalized spacial score (nSPS) is 10.0. The zero-order chi connectivity index (χ0) is 18.4. The minimum atomic E-state index is -0.195. The number of urea groups is 1. The second-order valence-corrected chi connectivity index (χ2v) is 6.04. The molecular formula is C22H19N3O. The first-order chi connectivity index (χ1) is 12.7. The maximum atomic E-state index is 12.4. The maximum absolute atomic E-state index is 12.4. The fraction of sp³-hybridized carbons (Fsp3) is 0.0909. The molecule has 0 aromatic heterocycles. The molecular weight excluding hydrogens is 322 g/mol. The summed E-state index contributed by atoms with van der Waals surface area (Å²) in [6.07, 6.45) is 0. The van der Waals surface area contributed by atoms with Gasteiger partial charge in [-0.05, 0) is 41.0 Å². The van der Waals surface area contributed by atoms with Gasteiger partial charge >= 0.3 is 6.03 Å². The van der Waals surface area contributed by atoms with Crippen LogP contribution in [0.4, 0.5) is 10.5 Å². The van der Waals surface area contributed by atoms with Crippen molar-refractivity contribution in [3.8, 4) is 17.2 Å². The van der Waals surface area contributed by atoms with Gasteiger partial charge < -0.3 is 10.2 Å². The third-order valence-corrected chi connectivity index (χ3v) is 4.07. The standard InChI is InChI=1S/C22H19N3O/c1-25(16-18-7-5-6-17(14-18)15-23)22(26)24-21-12-10-20(11-13-21)19-8-3-2-4-9-19/h2-14H,16H2,1H3,(H,24,26). The molecule has 1 N–H and O–H groups in total. The van der Waals surface area contributed by atoms with Crippen molar-refractivity contribution in [2.45, 2.75) is 6.54 Å². The number of benzene rings is 3. The molecule has 0 aliphatic rings. The molecule has 0 fully saturated rings. The van der Waals surface area contributed by atoms with Crippen molar-refractivity contribution >= 4 is 11.7 Å². The monoisotopic (exact) mass is 341 g/mol. The van der Waals surface area contributed by atoms with Crippen LogP contribution in [0.25, 0.3) is 11.1 Å². The van der Waals surface area contributed by atoms with Crippen molar-refractivity contribution in [3.05, 3.63) is 90.0 Å². The van der Waals surface area contributed by atoms with E-state index >= 15 is 0 Å². The number of nitriles is 1. The van der Waals surface area contributed by atoms with Gasteiger partial charge in [-0.2, -0.15) is 5.26 Å². The van der Waals surface area contributed by atoms with Crippen molar-refractivity contribution in [2.24, 2.45) is 0 Å². The summed E-state index contributed by atoms with van der Waals surface area (Å²) in [6.45, 7) is 0.434. The summed E-state index contributed by atoms with van der Waals surface area (Å²) in [5.74, 6) is 0. The summed E-state index contributed by atoms with van der Waals surface area (Å²) < 4.78 is 0. The zero-order valence-electron chi connectivity index (χ0n) is 14.5. The fourth-order valence-electron chi connectivity index (χ4n) is 2.68. The van der Waals surface area contributed by atoms with Crippen LogP contribution >= 0.6 is 0 Å². The molecule has 4 heteroatoms. The molecule has 4 nitrogen and oxygen atoms in total. The highest BCUT2D eigenvalue weighted by atomic mass is 16.2. The quantitative estimate of drug-likeness (QED) is 0.734. The van der Waals surface area contributed by atoms with E-state index < -0.39 is 0 Å². The summed E-state index contributed by atoms with van der Waals surface area (Å²) in [5.41, 5.74) is 4.49. The number of anilines is 1. The van der Waals surface area contributed by atoms with Crippen LogP contribution in [0, 0.1) is 11.3 Å². The summed E-state index contributed by atoms with van der Waals surface area (Å²) in [7, 11) is 1.73. The number of carbonyl (C=O) groups excluding carboxylic acids is 1. The van der Waals surface area contributed by atoms with Gasteiger partial charge in [0.1, 0.15) is 0 Å². The third kappa shape index (κ3) is 4.28. The molecule has 0 aliphatic heterocycles. The van der Waals surface area contributed by atoms with Gasteiger partial charge in [-0.15, -0.1) is 0 Å². The van der Waals surface area contributed by atoms with Crippen LogP contribution in [-0.4, -0.2) is 18.0 Å². The first-order valence-electron chi connectivity index (χ1n) is 8.32. The largest absolute Gasteiger partial charge is 0.323 e. The van der Waals surface area contributed by atoms with Gasteiger partial charge in [0, 0.05) is 19.3 Å². The lowest BCUT2D eigenvalue weighted by Gasteiger charge is -2.18. The first-order valence-corrected chi connectivity index (χ1v) is 8.32. The second-order valence-electron chi connectivity index (χ2n) is 6.04. The van der Waals surface area contributed by atoms with E-state index in [9.17, 15) is 4.79 Å². The van der Waals surface area contributed by atoms with Gasteiger partial charge in [-0.1, -0.05) is 54.6 Å². The minimum Gasteiger partial charge on any atom is -0.323 e. The molecule has 0 saturated heterocycles. The Kier molecular flexibility index (Phi) is 5.31. The number of nitrogens with zero attached hydrogens (tertiary/aromatic N) is 2. The van der Waals surface area contributed by atoms with Gasteiger partial charge in [0.05, 0.1) is 11.6 Å². The molecule has 2 amide bonds. The Labute approximate surface area is 153 Å². The van der Waals surface area contributed by atoms with Crippen molar-refractivity contribution < 1.29 is 4.79 Å². The highest BCUT2D eigenvalue weighted by Gasteiger charge is 2.10. The average molecular weight is 341 g/mol. The molecule has 0 unspecified atom stereocenters. The molecule has 0 radical (unpaired) electrons. The van der Waals surface area contributed by atoms with Gasteiger partial charge in [0.15, 0.2) is 0 Å². The van der Waals surface area contributed by atoms with Crippen molar-refractivity contribution in [1.82, 2.24) is 4.90 Å². The van der Waals surface area contributed by atoms with E-state index in [2.05, 4.69) is 23.5 Å². The minimum absolute atomic E-state index is 0.195. The predicted molar refractivity (Wildman–Crippen MR) is 104 cm³/mol. The van der Waals surface area contributed by atoms with Gasteiger partial charge in [0.2, 0.25) is 0 Å². The number of rotatable bonds is 4. The third-order valence-electron chi connectivity index (χ3n) is 4.07. The molecule has 0 aliphatic carbocycles. The van der Waals surface area contributed by atoms with Gasteiger partial charge in [-0.25, -0.2) is 4.79 Å². The lowest BCUT2D eigenvalue weighted by molar-refractivity contribution is 0.220. The van der Waals surface area contributed by atoms with E-state index in [0.29, 0.717) is 12.1 Å². The summed E-state index contributed by atoms with van der Waals surface area (Å²) in [5, 5.41) is 11.9. The molecule has 0 heterocycles. The van der Waals surface area contributed by atoms with Crippen molar-refractivity contribution in [3.63, 3.8) is 0 Å². The maximum Gasteiger partial charge on any atom is 0.321 e. The molecule has 0 saturated carbocycles. The van der Waals surface area contributed by atoms with Crippen LogP contribution in [-0.2, 0) is 6.54 Å². The van der Waals surface area contributed by atoms with E-state index in [1.807, 2.05) is 54.6 Å². The number of carbonyl (C=O) groups is 1. The van der Waals surface area contributed by atoms with Gasteiger partial charge in [0.25, 0.3) is 0 Å². The van der Waals surface area contributed by atoms with E-state index in [1.165, 1.54) is 0 Å². The molecule has 0 atom stereocenters. The van der Waals surface area contributed by atoms with Crippen molar-refractivity contribution in [1.29, 1.82) is 5.26 Å². The summed E-state index contributed by atoms with van der Waals surface area (Å²) in [6, 6.07) is 27.0. The van der Waals surface area contributed by atoms with Crippen LogP contribution in [0.2, 0.25) is 0 Å². The van der Waals surface area contributed by atoms with Crippen LogP contribution in [0.1, 0.15) is 11.1 Å². The average Bonchev–Trinajstić information content (AvgIpc) is 2.69. The Bertz CT molecular complexity index is 928. The lowest BCUT2D eigenvalue weighted by Crippen LogP contribution is -2.30. The Hall–Kier alpha value is -3.58. The van der Waals surface area contributed by atoms with Crippen LogP contribution in [0.15, 0.2) is 78.9 Å². The Morgan fingerprint density at radius 2 is 1.65 bits per heavy atom. The Morgan fingerprint density at radius 3 is 2.35 bits per heavy atom. The fourth-order valence-corrected chi connectivity index (χ4v) is 2.68. The highest BCUT2D eigenvalue weighted by Crippen LogP contribution is 2.21. The summed E-state index contributed by atoms with van der Waals surface area (Å²) in [4.78, 5) is 14.0. The molecule has 128 valence electrons. The smallest absolute Gasteiger partial charge is 0.321 e. The van der Waals surface area contributed by atoms with Crippen LogP contribution < -0.4 is 5.32 Å². The number of nitrogens with one attached hydrogen (secondary N) is 1. The molecule has 3 aromatic rings. The van der Waals surface area contributed by atoms with E-state index in [1.54, 1.807) is 24.1 Å². The molecule has 0 spiro atoms. The second kappa shape index (κ2) is 8.00. The number of hydrogen-bond donors (Lipinski definition) is 1. The Balaban J connectivity index is 1.63. The highest BCUT2D eigenvalue weighted by molar-refractivity contribution is 5.89. The van der Waals surface area contributed by atoms with Gasteiger partial charge in [-0.3, -0.25) is 0 Å². The molecule has 26 heavy (non-hydrogen) atoms. The molecule has 3 rings (SSSR count). The topological polar surface area (TPSA) is 56.1 Å². The Morgan fingerprint density at radius 1 is 0.962 bits per heavy atom. The number of hydrogen-bond acceptors (Lipinski definition) is 2. The summed E-state index contributed by atoms with van der Waals surface area (Å²) >= 11 is 0. The molecule has 0 bridgehead atoms. The predicted octanol–water partition coefficient (Wildman–Crippen LogP) is 4.89. The number of amides is 2. The zero-order valence-corrected chi connectivity index (χ0v) is 14.5.